The maximum atomic E-state index is 3.87. The van der Waals surface area contributed by atoms with Gasteiger partial charge in [0.15, 0.2) is 0 Å². The van der Waals surface area contributed by atoms with Gasteiger partial charge >= 0.3 is 0 Å². The first-order valence-corrected chi connectivity index (χ1v) is 4.97. The summed E-state index contributed by atoms with van der Waals surface area (Å²) in [5, 5.41) is 2.52. The minimum absolute atomic E-state index is 1.13. The van der Waals surface area contributed by atoms with Crippen molar-refractivity contribution >= 4 is 28.4 Å². The first-order valence-electron chi connectivity index (χ1n) is 4.97. The zero-order valence-electron chi connectivity index (χ0n) is 8.40. The van der Waals surface area contributed by atoms with Crippen LogP contribution < -0.4 is 0 Å². The van der Waals surface area contributed by atoms with E-state index in [1.54, 1.807) is 0 Å². The van der Waals surface area contributed by atoms with Crippen LogP contribution in [0, 0.1) is 0 Å². The Bertz CT molecular complexity index is 649. The zero-order chi connectivity index (χ0) is 10.4. The van der Waals surface area contributed by atoms with E-state index in [2.05, 4.69) is 48.0 Å². The van der Waals surface area contributed by atoms with Gasteiger partial charge in [-0.2, -0.15) is 0 Å². The summed E-state index contributed by atoms with van der Waals surface area (Å²) in [4.78, 5) is 0. The van der Waals surface area contributed by atoms with Crippen molar-refractivity contribution in [3.63, 3.8) is 0 Å². The largest absolute Gasteiger partial charge is 0.315 e. The van der Waals surface area contributed by atoms with Crippen molar-refractivity contribution in [3.8, 4) is 0 Å². The number of aromatic nitrogens is 1. The molecule has 0 N–H and O–H groups in total. The molecular formula is C14H11N. The number of para-hydroxylation sites is 1. The fraction of sp³-hybridized carbons (Fsp3) is 0. The summed E-state index contributed by atoms with van der Waals surface area (Å²) >= 11 is 0. The van der Waals surface area contributed by atoms with Gasteiger partial charge < -0.3 is 4.40 Å². The molecule has 2 heterocycles. The van der Waals surface area contributed by atoms with Crippen molar-refractivity contribution in [1.82, 2.24) is 4.40 Å². The molecule has 0 aliphatic heterocycles. The van der Waals surface area contributed by atoms with Crippen LogP contribution in [0.2, 0.25) is 0 Å². The maximum Gasteiger partial charge on any atom is 0.0607 e. The summed E-state index contributed by atoms with van der Waals surface area (Å²) in [7, 11) is 0. The van der Waals surface area contributed by atoms with Gasteiger partial charge in [0.1, 0.15) is 0 Å². The average molecular weight is 193 g/mol. The van der Waals surface area contributed by atoms with E-state index in [4.69, 9.17) is 0 Å². The van der Waals surface area contributed by atoms with Crippen molar-refractivity contribution in [3.05, 3.63) is 54.9 Å². The quantitative estimate of drug-likeness (QED) is 0.583. The molecule has 15 heavy (non-hydrogen) atoms. The van der Waals surface area contributed by atoms with Gasteiger partial charge in [0.05, 0.1) is 11.2 Å². The van der Waals surface area contributed by atoms with Gasteiger partial charge in [0, 0.05) is 22.5 Å². The van der Waals surface area contributed by atoms with E-state index in [1.165, 1.54) is 21.9 Å². The van der Waals surface area contributed by atoms with Gasteiger partial charge in [0.2, 0.25) is 0 Å². The van der Waals surface area contributed by atoms with E-state index in [-0.39, 0.29) is 0 Å². The van der Waals surface area contributed by atoms with Crippen LogP contribution in [-0.4, -0.2) is 4.40 Å². The molecule has 2 aromatic heterocycles. The Morgan fingerprint density at radius 3 is 2.67 bits per heavy atom. The number of rotatable bonds is 2. The topological polar surface area (TPSA) is 4.41 Å². The molecule has 0 unspecified atom stereocenters. The molecular weight excluding hydrogens is 182 g/mol. The Morgan fingerprint density at radius 2 is 1.93 bits per heavy atom. The second kappa shape index (κ2) is 2.74. The third kappa shape index (κ3) is 0.873. The second-order valence-corrected chi connectivity index (χ2v) is 3.64. The zero-order valence-corrected chi connectivity index (χ0v) is 8.40. The van der Waals surface area contributed by atoms with E-state index < -0.39 is 0 Å². The van der Waals surface area contributed by atoms with Crippen molar-refractivity contribution < 1.29 is 0 Å². The van der Waals surface area contributed by atoms with Gasteiger partial charge in [-0.25, -0.2) is 0 Å². The van der Waals surface area contributed by atoms with Gasteiger partial charge in [-0.15, -0.1) is 0 Å². The minimum atomic E-state index is 1.13. The Morgan fingerprint density at radius 1 is 1.07 bits per heavy atom. The molecule has 3 rings (SSSR count). The molecule has 0 aliphatic rings. The summed E-state index contributed by atoms with van der Waals surface area (Å²) in [6, 6.07) is 8.47. The highest BCUT2D eigenvalue weighted by atomic mass is 14.9. The molecule has 0 atom stereocenters. The van der Waals surface area contributed by atoms with Gasteiger partial charge in [0.25, 0.3) is 0 Å². The SMILES string of the molecule is C=Cc1c(C=C)n2ccc3cccc1c32. The molecule has 0 amide bonds. The van der Waals surface area contributed by atoms with Crippen LogP contribution in [-0.2, 0) is 0 Å². The van der Waals surface area contributed by atoms with E-state index >= 15 is 0 Å². The molecule has 0 bridgehead atoms. The van der Waals surface area contributed by atoms with E-state index in [9.17, 15) is 0 Å². The lowest BCUT2D eigenvalue weighted by atomic mass is 10.1. The van der Waals surface area contributed by atoms with Crippen LogP contribution in [0.4, 0.5) is 0 Å². The molecule has 0 saturated carbocycles. The van der Waals surface area contributed by atoms with E-state index in [0.29, 0.717) is 0 Å². The summed E-state index contributed by atoms with van der Waals surface area (Å²) in [5.74, 6) is 0. The summed E-state index contributed by atoms with van der Waals surface area (Å²) in [6.45, 7) is 7.74. The highest BCUT2D eigenvalue weighted by Gasteiger charge is 2.12. The van der Waals surface area contributed by atoms with Crippen molar-refractivity contribution in [2.24, 2.45) is 0 Å². The monoisotopic (exact) mass is 193 g/mol. The molecule has 0 aliphatic carbocycles. The van der Waals surface area contributed by atoms with E-state index in [0.717, 1.165) is 5.69 Å². The van der Waals surface area contributed by atoms with E-state index in [1.807, 2.05) is 12.2 Å². The second-order valence-electron chi connectivity index (χ2n) is 3.64. The Kier molecular flexibility index (Phi) is 1.51. The Balaban J connectivity index is 2.69. The van der Waals surface area contributed by atoms with Gasteiger partial charge in [-0.1, -0.05) is 37.4 Å². The fourth-order valence-corrected chi connectivity index (χ4v) is 2.30. The standard InChI is InChI=1S/C14H11N/c1-3-11-12-7-5-6-10-8-9-15(14(10)12)13(11)4-2/h3-9H,1-2H2. The smallest absolute Gasteiger partial charge is 0.0607 e. The van der Waals surface area contributed by atoms with Crippen molar-refractivity contribution in [2.45, 2.75) is 0 Å². The Hall–Kier alpha value is -2.02. The van der Waals surface area contributed by atoms with Gasteiger partial charge in [-0.05, 0) is 12.1 Å². The van der Waals surface area contributed by atoms with Crippen molar-refractivity contribution in [2.75, 3.05) is 0 Å². The molecule has 1 heteroatoms. The number of benzene rings is 1. The minimum Gasteiger partial charge on any atom is -0.315 e. The van der Waals surface area contributed by atoms with Crippen molar-refractivity contribution in [1.29, 1.82) is 0 Å². The summed E-state index contributed by atoms with van der Waals surface area (Å²) < 4.78 is 2.18. The third-order valence-corrected chi connectivity index (χ3v) is 2.93. The van der Waals surface area contributed by atoms with Gasteiger partial charge in [-0.3, -0.25) is 0 Å². The molecule has 1 aromatic carbocycles. The number of hydrogen-bond acceptors (Lipinski definition) is 0. The molecule has 0 spiro atoms. The highest BCUT2D eigenvalue weighted by Crippen LogP contribution is 2.31. The van der Waals surface area contributed by atoms with Crippen LogP contribution in [0.1, 0.15) is 11.3 Å². The average Bonchev–Trinajstić information content (AvgIpc) is 2.82. The van der Waals surface area contributed by atoms with Crippen LogP contribution in [0.15, 0.2) is 43.6 Å². The molecule has 0 fully saturated rings. The Labute approximate surface area is 88.3 Å². The van der Waals surface area contributed by atoms with Crippen LogP contribution >= 0.6 is 0 Å². The highest BCUT2D eigenvalue weighted by molar-refractivity contribution is 6.03. The first kappa shape index (κ1) is 8.30. The first-order chi connectivity index (χ1) is 7.36. The van der Waals surface area contributed by atoms with Crippen LogP contribution in [0.3, 0.4) is 0 Å². The lowest BCUT2D eigenvalue weighted by molar-refractivity contribution is 1.21. The molecule has 72 valence electrons. The lowest BCUT2D eigenvalue weighted by Gasteiger charge is -1.93. The molecule has 0 saturated heterocycles. The molecule has 1 nitrogen and oxygen atoms in total. The fourth-order valence-electron chi connectivity index (χ4n) is 2.30. The maximum absolute atomic E-state index is 3.87. The number of hydrogen-bond donors (Lipinski definition) is 0. The van der Waals surface area contributed by atoms with Crippen LogP contribution in [0.5, 0.6) is 0 Å². The normalized spacial score (nSPS) is 11.2. The third-order valence-electron chi connectivity index (χ3n) is 2.93. The molecule has 3 aromatic rings. The van der Waals surface area contributed by atoms with Crippen LogP contribution in [0.25, 0.3) is 28.4 Å². The molecule has 0 radical (unpaired) electrons. The summed E-state index contributed by atoms with van der Waals surface area (Å²) in [6.07, 6.45) is 5.87. The lowest BCUT2D eigenvalue weighted by Crippen LogP contribution is -1.81. The predicted molar refractivity (Wildman–Crippen MR) is 66.3 cm³/mol. The number of nitrogens with zero attached hydrogens (tertiary/aromatic N) is 1. The predicted octanol–water partition coefficient (Wildman–Crippen LogP) is 3.82. The summed E-state index contributed by atoms with van der Waals surface area (Å²) in [5.41, 5.74) is 3.56.